The summed E-state index contributed by atoms with van der Waals surface area (Å²) < 4.78 is 36.5. The lowest BCUT2D eigenvalue weighted by molar-refractivity contribution is -0.207. The van der Waals surface area contributed by atoms with Gasteiger partial charge in [-0.1, -0.05) is 30.3 Å². The number of aliphatic hydroxyl groups is 1. The lowest BCUT2D eigenvalue weighted by Crippen LogP contribution is -2.44. The maximum absolute atomic E-state index is 12.2. The van der Waals surface area contributed by atoms with E-state index in [0.29, 0.717) is 5.56 Å². The zero-order valence-electron chi connectivity index (χ0n) is 11.9. The first kappa shape index (κ1) is 18.1. The van der Waals surface area contributed by atoms with Gasteiger partial charge in [-0.25, -0.2) is 0 Å². The number of amides is 1. The molecule has 0 fully saturated rings. The van der Waals surface area contributed by atoms with Crippen molar-refractivity contribution in [3.8, 4) is 0 Å². The molecule has 1 amide bonds. The normalized spacial score (nSPS) is 13.0. The fourth-order valence-electron chi connectivity index (χ4n) is 1.67. The molecule has 0 spiro atoms. The van der Waals surface area contributed by atoms with E-state index < -0.39 is 24.7 Å². The first-order valence-electron chi connectivity index (χ1n) is 6.48. The van der Waals surface area contributed by atoms with Crippen molar-refractivity contribution in [3.05, 3.63) is 35.9 Å². The number of hydrogen-bond donors (Lipinski definition) is 2. The van der Waals surface area contributed by atoms with Crippen LogP contribution in [0.3, 0.4) is 0 Å². The van der Waals surface area contributed by atoms with Crippen LogP contribution in [0.25, 0.3) is 0 Å². The summed E-state index contributed by atoms with van der Waals surface area (Å²) in [6.07, 6.45) is -7.25. The van der Waals surface area contributed by atoms with E-state index in [1.54, 1.807) is 30.3 Å². The molecule has 0 radical (unpaired) electrons. The average molecular weight is 318 g/mol. The van der Waals surface area contributed by atoms with Gasteiger partial charge in [-0.2, -0.15) is 13.2 Å². The minimum atomic E-state index is -4.73. The van der Waals surface area contributed by atoms with Crippen LogP contribution in [0.2, 0.25) is 0 Å². The highest BCUT2D eigenvalue weighted by Gasteiger charge is 2.38. The number of nitrogens with zero attached hydrogens (tertiary/aromatic N) is 1. The van der Waals surface area contributed by atoms with Crippen molar-refractivity contribution in [3.63, 3.8) is 0 Å². The molecular formula is C14H17F3N2O3. The van der Waals surface area contributed by atoms with Gasteiger partial charge in [-0.15, -0.1) is 0 Å². The summed E-state index contributed by atoms with van der Waals surface area (Å²) >= 11 is 0. The van der Waals surface area contributed by atoms with Gasteiger partial charge in [0.25, 0.3) is 0 Å². The third-order valence-electron chi connectivity index (χ3n) is 2.82. The minimum absolute atomic E-state index is 0.238. The largest absolute Gasteiger partial charge is 0.415 e. The van der Waals surface area contributed by atoms with Crippen LogP contribution in [-0.4, -0.2) is 60.7 Å². The highest BCUT2D eigenvalue weighted by molar-refractivity contribution is 5.99. The van der Waals surface area contributed by atoms with Gasteiger partial charge in [0.05, 0.1) is 13.1 Å². The Bertz CT molecular complexity index is 506. The van der Waals surface area contributed by atoms with Crippen molar-refractivity contribution in [1.82, 2.24) is 10.2 Å². The molecule has 0 saturated carbocycles. The number of Topliss-reactive ketones (excluding diaryl/α,β-unsaturated/α-hetero) is 1. The Balaban J connectivity index is 2.36. The number of halogens is 3. The summed E-state index contributed by atoms with van der Waals surface area (Å²) in [4.78, 5) is 24.3. The number of alkyl halides is 3. The molecule has 0 aliphatic rings. The van der Waals surface area contributed by atoms with E-state index in [4.69, 9.17) is 5.11 Å². The molecule has 0 aliphatic carbocycles. The number of hydrogen-bond acceptors (Lipinski definition) is 4. The molecule has 1 rings (SSSR count). The molecule has 1 unspecified atom stereocenters. The van der Waals surface area contributed by atoms with E-state index in [1.807, 2.05) is 0 Å². The number of carbonyl (C=O) groups is 2. The second-order valence-electron chi connectivity index (χ2n) is 4.82. The second-order valence-corrected chi connectivity index (χ2v) is 4.82. The second kappa shape index (κ2) is 7.90. The van der Waals surface area contributed by atoms with Crippen molar-refractivity contribution in [2.45, 2.75) is 12.3 Å². The number of likely N-dealkylation sites (N-methyl/N-ethyl adjacent to an activating group) is 1. The van der Waals surface area contributed by atoms with Crippen molar-refractivity contribution in [1.29, 1.82) is 0 Å². The number of benzene rings is 1. The fraction of sp³-hybridized carbons (Fsp3) is 0.429. The number of rotatable bonds is 7. The van der Waals surface area contributed by atoms with Crippen LogP contribution < -0.4 is 5.32 Å². The number of aliphatic hydroxyl groups excluding tert-OH is 1. The first-order valence-corrected chi connectivity index (χ1v) is 6.48. The first-order chi connectivity index (χ1) is 10.2. The van der Waals surface area contributed by atoms with Crippen molar-refractivity contribution in [2.24, 2.45) is 0 Å². The van der Waals surface area contributed by atoms with Gasteiger partial charge in [-0.3, -0.25) is 14.5 Å². The van der Waals surface area contributed by atoms with Crippen molar-refractivity contribution >= 4 is 11.7 Å². The van der Waals surface area contributed by atoms with Crippen LogP contribution in [0.15, 0.2) is 30.3 Å². The van der Waals surface area contributed by atoms with Gasteiger partial charge in [0, 0.05) is 12.1 Å². The standard InChI is InChI=1S/C14H17F3N2O3/c1-19(8-12(21)14(15,16)17)9-13(22)18-7-11(20)10-5-3-2-4-6-10/h2-6,12,21H,7-9H2,1H3,(H,18,22). The number of nitrogens with one attached hydrogen (secondary N) is 1. The lowest BCUT2D eigenvalue weighted by atomic mass is 10.1. The monoisotopic (exact) mass is 318 g/mol. The summed E-state index contributed by atoms with van der Waals surface area (Å²) in [5, 5.41) is 11.2. The zero-order valence-corrected chi connectivity index (χ0v) is 11.9. The molecule has 0 aliphatic heterocycles. The van der Waals surface area contributed by atoms with E-state index in [9.17, 15) is 22.8 Å². The maximum Gasteiger partial charge on any atom is 0.415 e. The molecular weight excluding hydrogens is 301 g/mol. The molecule has 122 valence electrons. The molecule has 0 aromatic heterocycles. The Kier molecular flexibility index (Phi) is 6.51. The minimum Gasteiger partial charge on any atom is -0.382 e. The third-order valence-corrected chi connectivity index (χ3v) is 2.82. The molecule has 0 heterocycles. The molecule has 0 bridgehead atoms. The van der Waals surface area contributed by atoms with Crippen molar-refractivity contribution < 1.29 is 27.9 Å². The number of ketones is 1. The summed E-state index contributed by atoms with van der Waals surface area (Å²) in [5.74, 6) is -0.895. The fourth-order valence-corrected chi connectivity index (χ4v) is 1.67. The Labute approximate surface area is 125 Å². The molecule has 1 aromatic rings. The maximum atomic E-state index is 12.2. The molecule has 8 heteroatoms. The number of carbonyl (C=O) groups excluding carboxylic acids is 2. The van der Waals surface area contributed by atoms with E-state index in [0.717, 1.165) is 4.90 Å². The molecule has 0 saturated heterocycles. The van der Waals surface area contributed by atoms with Crippen LogP contribution in [0.1, 0.15) is 10.4 Å². The molecule has 1 atom stereocenters. The molecule has 1 aromatic carbocycles. The van der Waals surface area contributed by atoms with Crippen molar-refractivity contribution in [2.75, 3.05) is 26.7 Å². The average Bonchev–Trinajstić information content (AvgIpc) is 2.44. The summed E-state index contributed by atoms with van der Waals surface area (Å²) in [5.41, 5.74) is 0.434. The van der Waals surface area contributed by atoms with Gasteiger partial charge in [0.1, 0.15) is 0 Å². The Morgan fingerprint density at radius 1 is 1.27 bits per heavy atom. The van der Waals surface area contributed by atoms with E-state index in [2.05, 4.69) is 5.32 Å². The van der Waals surface area contributed by atoms with Gasteiger partial charge in [-0.05, 0) is 7.05 Å². The summed E-state index contributed by atoms with van der Waals surface area (Å²) in [7, 11) is 1.27. The van der Waals surface area contributed by atoms with E-state index in [-0.39, 0.29) is 18.9 Å². The van der Waals surface area contributed by atoms with Crippen LogP contribution in [0.5, 0.6) is 0 Å². The van der Waals surface area contributed by atoms with Gasteiger partial charge in [0.2, 0.25) is 5.91 Å². The highest BCUT2D eigenvalue weighted by atomic mass is 19.4. The Morgan fingerprint density at radius 3 is 2.41 bits per heavy atom. The van der Waals surface area contributed by atoms with Crippen LogP contribution >= 0.6 is 0 Å². The Morgan fingerprint density at radius 2 is 1.86 bits per heavy atom. The van der Waals surface area contributed by atoms with Gasteiger partial charge in [0.15, 0.2) is 11.9 Å². The molecule has 5 nitrogen and oxygen atoms in total. The lowest BCUT2D eigenvalue weighted by Gasteiger charge is -2.21. The topological polar surface area (TPSA) is 69.6 Å². The van der Waals surface area contributed by atoms with Gasteiger partial charge >= 0.3 is 6.18 Å². The van der Waals surface area contributed by atoms with E-state index >= 15 is 0 Å². The summed E-state index contributed by atoms with van der Waals surface area (Å²) in [6.45, 7) is -1.31. The SMILES string of the molecule is CN(CC(=O)NCC(=O)c1ccccc1)CC(O)C(F)(F)F. The smallest absolute Gasteiger partial charge is 0.382 e. The van der Waals surface area contributed by atoms with Gasteiger partial charge < -0.3 is 10.4 Å². The zero-order chi connectivity index (χ0) is 16.8. The quantitative estimate of drug-likeness (QED) is 0.731. The Hall–Kier alpha value is -1.93. The molecule has 22 heavy (non-hydrogen) atoms. The van der Waals surface area contributed by atoms with E-state index in [1.165, 1.54) is 7.05 Å². The van der Waals surface area contributed by atoms with Crippen LogP contribution in [-0.2, 0) is 4.79 Å². The predicted octanol–water partition coefficient (Wildman–Crippen LogP) is 0.840. The highest BCUT2D eigenvalue weighted by Crippen LogP contribution is 2.20. The third kappa shape index (κ3) is 6.23. The van der Waals surface area contributed by atoms with Crippen LogP contribution in [0, 0.1) is 0 Å². The molecule has 2 N–H and O–H groups in total. The predicted molar refractivity (Wildman–Crippen MR) is 73.3 cm³/mol. The summed E-state index contributed by atoms with van der Waals surface area (Å²) in [6, 6.07) is 8.31. The van der Waals surface area contributed by atoms with Crippen LogP contribution in [0.4, 0.5) is 13.2 Å².